The SMILES string of the molecule is O=C(NCCN1CCCC1)c1ccc2c(c1)N(Cc1ccccc1F)C(=O)c1ccccc1S2(=O)=O. The zero-order valence-electron chi connectivity index (χ0n) is 19.6. The molecule has 0 atom stereocenters. The van der Waals surface area contributed by atoms with Crippen LogP contribution in [0.3, 0.4) is 0 Å². The maximum absolute atomic E-state index is 14.5. The summed E-state index contributed by atoms with van der Waals surface area (Å²) >= 11 is 0. The van der Waals surface area contributed by atoms with E-state index in [0.717, 1.165) is 32.5 Å². The summed E-state index contributed by atoms with van der Waals surface area (Å²) in [5.41, 5.74) is 0.505. The average molecular weight is 508 g/mol. The van der Waals surface area contributed by atoms with E-state index < -0.39 is 21.6 Å². The number of amides is 2. The van der Waals surface area contributed by atoms with Gasteiger partial charge in [-0.3, -0.25) is 9.59 Å². The van der Waals surface area contributed by atoms with Crippen LogP contribution < -0.4 is 10.2 Å². The molecule has 0 radical (unpaired) electrons. The fourth-order valence-electron chi connectivity index (χ4n) is 4.74. The lowest BCUT2D eigenvalue weighted by Crippen LogP contribution is -2.34. The van der Waals surface area contributed by atoms with Gasteiger partial charge in [-0.15, -0.1) is 0 Å². The highest BCUT2D eigenvalue weighted by atomic mass is 32.2. The second-order valence-electron chi connectivity index (χ2n) is 8.97. The van der Waals surface area contributed by atoms with Crippen molar-refractivity contribution >= 4 is 27.3 Å². The van der Waals surface area contributed by atoms with Gasteiger partial charge in [0, 0.05) is 24.2 Å². The van der Waals surface area contributed by atoms with E-state index in [1.165, 1.54) is 41.3 Å². The number of halogens is 1. The van der Waals surface area contributed by atoms with Crippen LogP contribution in [0.25, 0.3) is 0 Å². The molecule has 0 bridgehead atoms. The van der Waals surface area contributed by atoms with Crippen LogP contribution in [0, 0.1) is 5.82 Å². The van der Waals surface area contributed by atoms with Crippen molar-refractivity contribution in [1.82, 2.24) is 10.2 Å². The summed E-state index contributed by atoms with van der Waals surface area (Å²) < 4.78 is 41.7. The highest BCUT2D eigenvalue weighted by molar-refractivity contribution is 7.91. The van der Waals surface area contributed by atoms with E-state index in [1.54, 1.807) is 30.3 Å². The summed E-state index contributed by atoms with van der Waals surface area (Å²) in [4.78, 5) is 29.9. The summed E-state index contributed by atoms with van der Waals surface area (Å²) in [6.45, 7) is 3.03. The minimum atomic E-state index is -4.07. The molecule has 1 N–H and O–H groups in total. The second-order valence-corrected chi connectivity index (χ2v) is 10.9. The number of carbonyl (C=O) groups is 2. The molecule has 2 heterocycles. The number of sulfone groups is 1. The first-order valence-electron chi connectivity index (χ1n) is 11.9. The molecule has 7 nitrogen and oxygen atoms in total. The van der Waals surface area contributed by atoms with E-state index >= 15 is 0 Å². The Balaban J connectivity index is 1.54. The molecule has 1 fully saturated rings. The molecule has 0 spiro atoms. The first kappa shape index (κ1) is 24.1. The molecule has 186 valence electrons. The number of nitrogens with one attached hydrogen (secondary N) is 1. The molecule has 3 aromatic rings. The number of nitrogens with zero attached hydrogens (tertiary/aromatic N) is 2. The van der Waals surface area contributed by atoms with E-state index in [2.05, 4.69) is 10.2 Å². The summed E-state index contributed by atoms with van der Waals surface area (Å²) in [5, 5.41) is 2.88. The van der Waals surface area contributed by atoms with Crippen molar-refractivity contribution in [3.8, 4) is 0 Å². The predicted octanol–water partition coefficient (Wildman–Crippen LogP) is 3.64. The number of hydrogen-bond donors (Lipinski definition) is 1. The van der Waals surface area contributed by atoms with Crippen molar-refractivity contribution in [3.05, 3.63) is 89.2 Å². The highest BCUT2D eigenvalue weighted by Gasteiger charge is 2.36. The van der Waals surface area contributed by atoms with Gasteiger partial charge in [0.15, 0.2) is 0 Å². The van der Waals surface area contributed by atoms with Crippen molar-refractivity contribution in [1.29, 1.82) is 0 Å². The van der Waals surface area contributed by atoms with Crippen molar-refractivity contribution in [2.75, 3.05) is 31.1 Å². The zero-order chi connectivity index (χ0) is 25.3. The number of rotatable bonds is 6. The van der Waals surface area contributed by atoms with Gasteiger partial charge < -0.3 is 15.1 Å². The summed E-state index contributed by atoms with van der Waals surface area (Å²) in [6, 6.07) is 16.2. The number of benzene rings is 3. The molecule has 0 aliphatic carbocycles. The van der Waals surface area contributed by atoms with E-state index in [0.29, 0.717) is 6.54 Å². The largest absolute Gasteiger partial charge is 0.351 e. The lowest BCUT2D eigenvalue weighted by atomic mass is 10.1. The Morgan fingerprint density at radius 3 is 2.44 bits per heavy atom. The molecule has 2 amide bonds. The van der Waals surface area contributed by atoms with Crippen molar-refractivity contribution in [2.45, 2.75) is 29.2 Å². The number of hydrogen-bond acceptors (Lipinski definition) is 5. The van der Waals surface area contributed by atoms with Crippen molar-refractivity contribution in [3.63, 3.8) is 0 Å². The molecule has 0 unspecified atom stereocenters. The maximum Gasteiger partial charge on any atom is 0.259 e. The Kier molecular flexibility index (Phi) is 6.59. The van der Waals surface area contributed by atoms with Gasteiger partial charge in [0.25, 0.3) is 11.8 Å². The van der Waals surface area contributed by atoms with Crippen LogP contribution >= 0.6 is 0 Å². The molecule has 3 aromatic carbocycles. The maximum atomic E-state index is 14.5. The van der Waals surface area contributed by atoms with Crippen LogP contribution in [-0.2, 0) is 16.4 Å². The van der Waals surface area contributed by atoms with Crippen LogP contribution in [0.15, 0.2) is 76.5 Å². The predicted molar refractivity (Wildman–Crippen MR) is 133 cm³/mol. The average Bonchev–Trinajstić information content (AvgIpc) is 3.39. The van der Waals surface area contributed by atoms with E-state index in [4.69, 9.17) is 0 Å². The molecule has 2 aliphatic rings. The van der Waals surface area contributed by atoms with E-state index in [-0.39, 0.29) is 44.6 Å². The van der Waals surface area contributed by atoms with Crippen LogP contribution in [-0.4, -0.2) is 51.3 Å². The number of likely N-dealkylation sites (tertiary alicyclic amines) is 1. The topological polar surface area (TPSA) is 86.8 Å². The van der Waals surface area contributed by atoms with Gasteiger partial charge in [0.2, 0.25) is 9.84 Å². The minimum absolute atomic E-state index is 0.00153. The number of anilines is 1. The second kappa shape index (κ2) is 9.83. The molecule has 2 aliphatic heterocycles. The molecule has 0 aromatic heterocycles. The molecular formula is C27H26FN3O4S. The first-order valence-corrected chi connectivity index (χ1v) is 13.4. The minimum Gasteiger partial charge on any atom is -0.351 e. The smallest absolute Gasteiger partial charge is 0.259 e. The fourth-order valence-corrected chi connectivity index (χ4v) is 6.37. The third kappa shape index (κ3) is 4.52. The van der Waals surface area contributed by atoms with Gasteiger partial charge >= 0.3 is 0 Å². The highest BCUT2D eigenvalue weighted by Crippen LogP contribution is 2.38. The first-order chi connectivity index (χ1) is 17.4. The molecule has 1 saturated heterocycles. The van der Waals surface area contributed by atoms with Crippen molar-refractivity contribution in [2.24, 2.45) is 0 Å². The summed E-state index contributed by atoms with van der Waals surface area (Å²) in [5.74, 6) is -1.46. The Bertz CT molecular complexity index is 1430. The lowest BCUT2D eigenvalue weighted by molar-refractivity contribution is 0.0946. The van der Waals surface area contributed by atoms with Crippen LogP contribution in [0.1, 0.15) is 39.1 Å². The summed E-state index contributed by atoms with van der Waals surface area (Å²) in [7, 11) is -4.07. The molecular weight excluding hydrogens is 481 g/mol. The van der Waals surface area contributed by atoms with Crippen LogP contribution in [0.5, 0.6) is 0 Å². The van der Waals surface area contributed by atoms with Crippen molar-refractivity contribution < 1.29 is 22.4 Å². The Hall–Kier alpha value is -3.56. The third-order valence-corrected chi connectivity index (χ3v) is 8.51. The molecule has 0 saturated carbocycles. The number of fused-ring (bicyclic) bond motifs is 2. The Morgan fingerprint density at radius 1 is 0.944 bits per heavy atom. The molecule has 36 heavy (non-hydrogen) atoms. The Labute approximate surface area is 209 Å². The van der Waals surface area contributed by atoms with Gasteiger partial charge in [-0.25, -0.2) is 12.8 Å². The van der Waals surface area contributed by atoms with Crippen LogP contribution in [0.4, 0.5) is 10.1 Å². The quantitative estimate of drug-likeness (QED) is 0.551. The molecule has 9 heteroatoms. The van der Waals surface area contributed by atoms with Gasteiger partial charge in [-0.05, 0) is 62.3 Å². The van der Waals surface area contributed by atoms with E-state index in [1.807, 2.05) is 0 Å². The molecule has 5 rings (SSSR count). The zero-order valence-corrected chi connectivity index (χ0v) is 20.4. The van der Waals surface area contributed by atoms with Gasteiger partial charge in [-0.2, -0.15) is 0 Å². The van der Waals surface area contributed by atoms with Gasteiger partial charge in [0.1, 0.15) is 5.82 Å². The monoisotopic (exact) mass is 507 g/mol. The summed E-state index contributed by atoms with van der Waals surface area (Å²) in [6.07, 6.45) is 2.31. The third-order valence-electron chi connectivity index (χ3n) is 6.65. The van der Waals surface area contributed by atoms with Gasteiger partial charge in [-0.1, -0.05) is 30.3 Å². The lowest BCUT2D eigenvalue weighted by Gasteiger charge is -2.24. The van der Waals surface area contributed by atoms with E-state index in [9.17, 15) is 22.4 Å². The van der Waals surface area contributed by atoms with Crippen LogP contribution in [0.2, 0.25) is 0 Å². The Morgan fingerprint density at radius 2 is 1.67 bits per heavy atom. The number of carbonyl (C=O) groups excluding carboxylic acids is 2. The fraction of sp³-hybridized carbons (Fsp3) is 0.259. The normalized spacial score (nSPS) is 16.8. The van der Waals surface area contributed by atoms with Gasteiger partial charge in [0.05, 0.1) is 27.6 Å². The standard InChI is InChI=1S/C27H26FN3O4S/c28-22-9-3-1-7-20(22)18-31-23-17-19(26(32)29-13-16-30-14-5-6-15-30)11-12-25(23)36(34,35)24-10-4-2-8-21(24)27(31)33/h1-4,7-12,17H,5-6,13-16,18H2,(H,29,32).